The summed E-state index contributed by atoms with van der Waals surface area (Å²) in [7, 11) is 0. The second-order valence-electron chi connectivity index (χ2n) is 5.86. The molecule has 120 valence electrons. The largest absolute Gasteiger partial charge is 0.376 e. The standard InChI is InChI=1S/C18H20N2O3/c1-13-6-5-9-16(20(21)22)18(13)19-15-10-11-23-17(12-15)14-7-3-2-4-8-14/h2-9,15,17,19H,10-12H2,1H3. The molecule has 1 aliphatic rings. The highest BCUT2D eigenvalue weighted by molar-refractivity contribution is 5.66. The van der Waals surface area contributed by atoms with Gasteiger partial charge in [0.15, 0.2) is 0 Å². The van der Waals surface area contributed by atoms with E-state index in [1.807, 2.05) is 31.2 Å². The molecule has 5 heteroatoms. The van der Waals surface area contributed by atoms with Crippen molar-refractivity contribution in [1.29, 1.82) is 0 Å². The number of nitrogens with zero attached hydrogens (tertiary/aromatic N) is 1. The zero-order valence-electron chi connectivity index (χ0n) is 13.1. The Kier molecular flexibility index (Phi) is 4.57. The van der Waals surface area contributed by atoms with Crippen molar-refractivity contribution in [2.24, 2.45) is 0 Å². The fourth-order valence-corrected chi connectivity index (χ4v) is 3.02. The van der Waals surface area contributed by atoms with Gasteiger partial charge in [-0.15, -0.1) is 0 Å². The van der Waals surface area contributed by atoms with Crippen molar-refractivity contribution < 1.29 is 9.66 Å². The Morgan fingerprint density at radius 3 is 2.70 bits per heavy atom. The van der Waals surface area contributed by atoms with Crippen LogP contribution in [-0.2, 0) is 4.74 Å². The molecule has 0 radical (unpaired) electrons. The van der Waals surface area contributed by atoms with Crippen LogP contribution in [0.5, 0.6) is 0 Å². The first kappa shape index (κ1) is 15.5. The normalized spacial score (nSPS) is 20.9. The average molecular weight is 312 g/mol. The molecule has 1 fully saturated rings. The number of nitro benzene ring substituents is 1. The number of ether oxygens (including phenoxy) is 1. The predicted molar refractivity (Wildman–Crippen MR) is 89.6 cm³/mol. The Bertz CT molecular complexity index is 688. The summed E-state index contributed by atoms with van der Waals surface area (Å²) in [6, 6.07) is 15.4. The van der Waals surface area contributed by atoms with Crippen molar-refractivity contribution in [3.05, 3.63) is 69.8 Å². The highest BCUT2D eigenvalue weighted by Gasteiger charge is 2.26. The van der Waals surface area contributed by atoms with E-state index in [1.54, 1.807) is 12.1 Å². The van der Waals surface area contributed by atoms with Gasteiger partial charge in [-0.05, 0) is 30.9 Å². The molecule has 2 aromatic rings. The molecule has 1 saturated heterocycles. The molecule has 2 atom stereocenters. The minimum absolute atomic E-state index is 0.0329. The van der Waals surface area contributed by atoms with Gasteiger partial charge < -0.3 is 10.1 Å². The van der Waals surface area contributed by atoms with E-state index >= 15 is 0 Å². The number of hydrogen-bond donors (Lipinski definition) is 1. The van der Waals surface area contributed by atoms with Gasteiger partial charge in [0, 0.05) is 18.7 Å². The third kappa shape index (κ3) is 3.51. The van der Waals surface area contributed by atoms with Gasteiger partial charge in [0.2, 0.25) is 0 Å². The molecule has 1 heterocycles. The molecule has 3 rings (SSSR count). The summed E-state index contributed by atoms with van der Waals surface area (Å²) in [4.78, 5) is 10.9. The molecule has 0 aromatic heterocycles. The molecule has 2 aromatic carbocycles. The van der Waals surface area contributed by atoms with Crippen LogP contribution in [0.2, 0.25) is 0 Å². The summed E-state index contributed by atoms with van der Waals surface area (Å²) in [5.41, 5.74) is 2.80. The maximum absolute atomic E-state index is 11.2. The lowest BCUT2D eigenvalue weighted by atomic mass is 9.97. The van der Waals surface area contributed by atoms with E-state index in [4.69, 9.17) is 4.74 Å². The Morgan fingerprint density at radius 1 is 1.17 bits per heavy atom. The van der Waals surface area contributed by atoms with Crippen molar-refractivity contribution in [3.8, 4) is 0 Å². The Hall–Kier alpha value is -2.40. The third-order valence-corrected chi connectivity index (χ3v) is 4.25. The zero-order valence-corrected chi connectivity index (χ0v) is 13.1. The summed E-state index contributed by atoms with van der Waals surface area (Å²) in [6.45, 7) is 2.54. The molecule has 2 unspecified atom stereocenters. The summed E-state index contributed by atoms with van der Waals surface area (Å²) >= 11 is 0. The number of rotatable bonds is 4. The third-order valence-electron chi connectivity index (χ3n) is 4.25. The first-order chi connectivity index (χ1) is 11.1. The van der Waals surface area contributed by atoms with Crippen molar-refractivity contribution in [2.45, 2.75) is 31.9 Å². The summed E-state index contributed by atoms with van der Waals surface area (Å²) in [6.07, 6.45) is 1.68. The summed E-state index contributed by atoms with van der Waals surface area (Å²) < 4.78 is 5.87. The maximum Gasteiger partial charge on any atom is 0.292 e. The van der Waals surface area contributed by atoms with Crippen LogP contribution in [0.15, 0.2) is 48.5 Å². The minimum atomic E-state index is -0.330. The van der Waals surface area contributed by atoms with Crippen LogP contribution < -0.4 is 5.32 Å². The Morgan fingerprint density at radius 2 is 1.96 bits per heavy atom. The Balaban J connectivity index is 1.77. The number of hydrogen-bond acceptors (Lipinski definition) is 4. The van der Waals surface area contributed by atoms with Crippen LogP contribution in [0, 0.1) is 17.0 Å². The fourth-order valence-electron chi connectivity index (χ4n) is 3.02. The van der Waals surface area contributed by atoms with Crippen LogP contribution in [0.3, 0.4) is 0 Å². The van der Waals surface area contributed by atoms with Gasteiger partial charge in [0.05, 0.1) is 11.0 Å². The zero-order chi connectivity index (χ0) is 16.2. The summed E-state index contributed by atoms with van der Waals surface area (Å²) in [5, 5.41) is 14.6. The monoisotopic (exact) mass is 312 g/mol. The van der Waals surface area contributed by atoms with E-state index in [1.165, 1.54) is 0 Å². The molecule has 0 bridgehead atoms. The van der Waals surface area contributed by atoms with Gasteiger partial charge in [0.1, 0.15) is 5.69 Å². The molecule has 5 nitrogen and oxygen atoms in total. The Labute approximate surface area is 135 Å². The second kappa shape index (κ2) is 6.79. The lowest BCUT2D eigenvalue weighted by Gasteiger charge is -2.31. The molecule has 0 amide bonds. The van der Waals surface area contributed by atoms with E-state index in [2.05, 4.69) is 17.4 Å². The highest BCUT2D eigenvalue weighted by atomic mass is 16.6. The number of aryl methyl sites for hydroxylation is 1. The van der Waals surface area contributed by atoms with Gasteiger partial charge >= 0.3 is 0 Å². The van der Waals surface area contributed by atoms with Crippen molar-refractivity contribution in [2.75, 3.05) is 11.9 Å². The van der Waals surface area contributed by atoms with Gasteiger partial charge in [-0.3, -0.25) is 10.1 Å². The molecule has 1 aliphatic heterocycles. The van der Waals surface area contributed by atoms with Gasteiger partial charge in [-0.25, -0.2) is 0 Å². The van der Waals surface area contributed by atoms with Crippen LogP contribution in [0.4, 0.5) is 11.4 Å². The molecule has 1 N–H and O–H groups in total. The van der Waals surface area contributed by atoms with Crippen molar-refractivity contribution in [1.82, 2.24) is 0 Å². The van der Waals surface area contributed by atoms with Crippen LogP contribution in [0.1, 0.15) is 30.1 Å². The van der Waals surface area contributed by atoms with Gasteiger partial charge in [-0.1, -0.05) is 42.5 Å². The SMILES string of the molecule is Cc1cccc([N+](=O)[O-])c1NC1CCOC(c2ccccc2)C1. The van der Waals surface area contributed by atoms with Crippen LogP contribution >= 0.6 is 0 Å². The number of benzene rings is 2. The quantitative estimate of drug-likeness (QED) is 0.677. The molecular formula is C18H20N2O3. The second-order valence-corrected chi connectivity index (χ2v) is 5.86. The summed E-state index contributed by atoms with van der Waals surface area (Å²) in [5.74, 6) is 0. The van der Waals surface area contributed by atoms with Crippen LogP contribution in [0.25, 0.3) is 0 Å². The van der Waals surface area contributed by atoms with E-state index in [9.17, 15) is 10.1 Å². The molecule has 0 saturated carbocycles. The fraction of sp³-hybridized carbons (Fsp3) is 0.333. The van der Waals surface area contributed by atoms with Crippen LogP contribution in [-0.4, -0.2) is 17.6 Å². The first-order valence-electron chi connectivity index (χ1n) is 7.82. The first-order valence-corrected chi connectivity index (χ1v) is 7.82. The van der Waals surface area contributed by atoms with Crippen molar-refractivity contribution in [3.63, 3.8) is 0 Å². The molecular weight excluding hydrogens is 292 g/mol. The minimum Gasteiger partial charge on any atom is -0.376 e. The van der Waals surface area contributed by atoms with Crippen molar-refractivity contribution >= 4 is 11.4 Å². The van der Waals surface area contributed by atoms with E-state index in [0.29, 0.717) is 12.3 Å². The lowest BCUT2D eigenvalue weighted by molar-refractivity contribution is -0.384. The van der Waals surface area contributed by atoms with E-state index in [-0.39, 0.29) is 22.8 Å². The van der Waals surface area contributed by atoms with E-state index in [0.717, 1.165) is 24.0 Å². The maximum atomic E-state index is 11.2. The predicted octanol–water partition coefficient (Wildman–Crippen LogP) is 4.24. The van der Waals surface area contributed by atoms with Gasteiger partial charge in [-0.2, -0.15) is 0 Å². The van der Waals surface area contributed by atoms with Gasteiger partial charge in [0.25, 0.3) is 5.69 Å². The van der Waals surface area contributed by atoms with E-state index < -0.39 is 0 Å². The number of para-hydroxylation sites is 1. The molecule has 0 aliphatic carbocycles. The topological polar surface area (TPSA) is 64.4 Å². The highest BCUT2D eigenvalue weighted by Crippen LogP contribution is 2.33. The number of anilines is 1. The average Bonchev–Trinajstić information content (AvgIpc) is 2.57. The molecule has 0 spiro atoms. The number of nitro groups is 1. The lowest BCUT2D eigenvalue weighted by Crippen LogP contribution is -2.30. The number of nitrogens with one attached hydrogen (secondary N) is 1. The smallest absolute Gasteiger partial charge is 0.292 e. The molecule has 23 heavy (non-hydrogen) atoms.